The van der Waals surface area contributed by atoms with Crippen LogP contribution in [0.25, 0.3) is 0 Å². The molecular weight excluding hydrogens is 262 g/mol. The minimum absolute atomic E-state index is 0.0526. The first-order valence-electron chi connectivity index (χ1n) is 5.50. The number of hydrogen-bond acceptors (Lipinski definition) is 5. The zero-order valence-electron chi connectivity index (χ0n) is 10.3. The van der Waals surface area contributed by atoms with E-state index in [1.54, 1.807) is 30.0 Å². The van der Waals surface area contributed by atoms with Gasteiger partial charge in [-0.2, -0.15) is 0 Å². The summed E-state index contributed by atoms with van der Waals surface area (Å²) in [5.41, 5.74) is 5.84. The molecule has 0 amide bonds. The van der Waals surface area contributed by atoms with Crippen LogP contribution in [0.5, 0.6) is 11.6 Å². The third kappa shape index (κ3) is 3.38. The van der Waals surface area contributed by atoms with Gasteiger partial charge in [0.1, 0.15) is 11.4 Å². The Morgan fingerprint density at radius 3 is 2.63 bits per heavy atom. The first kappa shape index (κ1) is 13.2. The van der Waals surface area contributed by atoms with Crippen LogP contribution >= 0.6 is 11.8 Å². The summed E-state index contributed by atoms with van der Waals surface area (Å²) in [5, 5.41) is 11.5. The molecule has 1 heterocycles. The van der Waals surface area contributed by atoms with Gasteiger partial charge in [-0.1, -0.05) is 11.2 Å². The fourth-order valence-electron chi connectivity index (χ4n) is 1.43. The van der Waals surface area contributed by atoms with Gasteiger partial charge >= 0.3 is 0 Å². The van der Waals surface area contributed by atoms with Crippen LogP contribution in [0.3, 0.4) is 0 Å². The molecule has 19 heavy (non-hydrogen) atoms. The SMILES string of the molecule is CSc1ccc(Oc2cccc(C(N)=NO)n2)cc1. The highest BCUT2D eigenvalue weighted by molar-refractivity contribution is 7.98. The normalized spacial score (nSPS) is 11.3. The number of oxime groups is 1. The van der Waals surface area contributed by atoms with Gasteiger partial charge in [-0.05, 0) is 36.6 Å². The molecule has 5 nitrogen and oxygen atoms in total. The average Bonchev–Trinajstić information content (AvgIpc) is 2.47. The first-order chi connectivity index (χ1) is 9.22. The minimum atomic E-state index is -0.0526. The lowest BCUT2D eigenvalue weighted by molar-refractivity contribution is 0.318. The molecular formula is C13H13N3O2S. The molecule has 0 aliphatic rings. The Balaban J connectivity index is 2.18. The molecule has 0 aliphatic carbocycles. The summed E-state index contributed by atoms with van der Waals surface area (Å²) in [6.07, 6.45) is 2.01. The largest absolute Gasteiger partial charge is 0.439 e. The van der Waals surface area contributed by atoms with E-state index in [4.69, 9.17) is 15.7 Å². The standard InChI is InChI=1S/C13H13N3O2S/c1-19-10-7-5-9(6-8-10)18-12-4-2-3-11(15-12)13(14)16-17/h2-8,17H,1H3,(H2,14,16). The van der Waals surface area contributed by atoms with Gasteiger partial charge in [0, 0.05) is 11.0 Å². The molecule has 98 valence electrons. The van der Waals surface area contributed by atoms with Gasteiger partial charge in [-0.25, -0.2) is 4.98 Å². The smallest absolute Gasteiger partial charge is 0.219 e. The number of ether oxygens (including phenoxy) is 1. The zero-order chi connectivity index (χ0) is 13.7. The van der Waals surface area contributed by atoms with Gasteiger partial charge in [0.15, 0.2) is 5.84 Å². The third-order valence-electron chi connectivity index (χ3n) is 2.38. The lowest BCUT2D eigenvalue weighted by Crippen LogP contribution is -2.14. The highest BCUT2D eigenvalue weighted by Crippen LogP contribution is 2.23. The molecule has 0 bridgehead atoms. The van der Waals surface area contributed by atoms with Gasteiger partial charge in [0.05, 0.1) is 0 Å². The van der Waals surface area contributed by atoms with E-state index in [9.17, 15) is 0 Å². The molecule has 0 saturated heterocycles. The molecule has 6 heteroatoms. The Morgan fingerprint density at radius 2 is 2.00 bits per heavy atom. The van der Waals surface area contributed by atoms with Crippen molar-refractivity contribution in [2.45, 2.75) is 4.90 Å². The minimum Gasteiger partial charge on any atom is -0.439 e. The quantitative estimate of drug-likeness (QED) is 0.295. The Labute approximate surface area is 115 Å². The number of thioether (sulfide) groups is 1. The van der Waals surface area contributed by atoms with Crippen LogP contribution in [0.1, 0.15) is 5.69 Å². The van der Waals surface area contributed by atoms with Gasteiger partial charge in [-0.15, -0.1) is 11.8 Å². The Hall–Kier alpha value is -2.21. The highest BCUT2D eigenvalue weighted by atomic mass is 32.2. The Bertz CT molecular complexity index is 585. The number of nitrogens with zero attached hydrogens (tertiary/aromatic N) is 2. The van der Waals surface area contributed by atoms with E-state index in [1.807, 2.05) is 30.5 Å². The van der Waals surface area contributed by atoms with Crippen molar-refractivity contribution in [1.82, 2.24) is 4.98 Å². The molecule has 2 aromatic rings. The predicted octanol–water partition coefficient (Wildman–Crippen LogP) is 2.69. The molecule has 0 radical (unpaired) electrons. The van der Waals surface area contributed by atoms with Crippen molar-refractivity contribution < 1.29 is 9.94 Å². The monoisotopic (exact) mass is 275 g/mol. The number of amidine groups is 1. The van der Waals surface area contributed by atoms with Crippen molar-refractivity contribution in [1.29, 1.82) is 0 Å². The highest BCUT2D eigenvalue weighted by Gasteiger charge is 2.04. The van der Waals surface area contributed by atoms with E-state index in [0.717, 1.165) is 4.90 Å². The average molecular weight is 275 g/mol. The summed E-state index contributed by atoms with van der Waals surface area (Å²) in [7, 11) is 0. The number of rotatable bonds is 4. The summed E-state index contributed by atoms with van der Waals surface area (Å²) < 4.78 is 5.60. The number of hydrogen-bond donors (Lipinski definition) is 2. The topological polar surface area (TPSA) is 80.7 Å². The van der Waals surface area contributed by atoms with E-state index in [2.05, 4.69) is 10.1 Å². The predicted molar refractivity (Wildman–Crippen MR) is 75.0 cm³/mol. The van der Waals surface area contributed by atoms with Crippen LogP contribution in [-0.2, 0) is 0 Å². The van der Waals surface area contributed by atoms with Gasteiger partial charge < -0.3 is 15.7 Å². The molecule has 2 rings (SSSR count). The molecule has 0 atom stereocenters. The molecule has 0 saturated carbocycles. The van der Waals surface area contributed by atoms with E-state index >= 15 is 0 Å². The number of pyridine rings is 1. The summed E-state index contributed by atoms with van der Waals surface area (Å²) in [6, 6.07) is 12.7. The maximum absolute atomic E-state index is 8.61. The second-order valence-corrected chi connectivity index (χ2v) is 4.50. The lowest BCUT2D eigenvalue weighted by Gasteiger charge is -2.06. The van der Waals surface area contributed by atoms with E-state index in [1.165, 1.54) is 0 Å². The summed E-state index contributed by atoms with van der Waals surface area (Å²) >= 11 is 1.66. The van der Waals surface area contributed by atoms with Crippen LogP contribution in [0.2, 0.25) is 0 Å². The van der Waals surface area contributed by atoms with Crippen molar-refractivity contribution in [3.05, 3.63) is 48.2 Å². The first-order valence-corrected chi connectivity index (χ1v) is 6.72. The summed E-state index contributed by atoms with van der Waals surface area (Å²) in [6.45, 7) is 0. The van der Waals surface area contributed by atoms with Crippen LogP contribution < -0.4 is 10.5 Å². The maximum atomic E-state index is 8.61. The maximum Gasteiger partial charge on any atom is 0.219 e. The molecule has 0 aliphatic heterocycles. The number of nitrogens with two attached hydrogens (primary N) is 1. The number of benzene rings is 1. The molecule has 1 aromatic heterocycles. The van der Waals surface area contributed by atoms with Gasteiger partial charge in [0.2, 0.25) is 5.88 Å². The molecule has 3 N–H and O–H groups in total. The number of aromatic nitrogens is 1. The van der Waals surface area contributed by atoms with Gasteiger partial charge in [-0.3, -0.25) is 0 Å². The van der Waals surface area contributed by atoms with E-state index in [0.29, 0.717) is 17.3 Å². The molecule has 0 spiro atoms. The van der Waals surface area contributed by atoms with Crippen LogP contribution in [-0.4, -0.2) is 22.3 Å². The van der Waals surface area contributed by atoms with Crippen LogP contribution in [0, 0.1) is 0 Å². The fraction of sp³-hybridized carbons (Fsp3) is 0.0769. The van der Waals surface area contributed by atoms with Crippen molar-refractivity contribution in [3.8, 4) is 11.6 Å². The fourth-order valence-corrected chi connectivity index (χ4v) is 1.84. The Kier molecular flexibility index (Phi) is 4.25. The van der Waals surface area contributed by atoms with Crippen molar-refractivity contribution in [2.75, 3.05) is 6.26 Å². The zero-order valence-corrected chi connectivity index (χ0v) is 11.1. The molecule has 1 aromatic carbocycles. The van der Waals surface area contributed by atoms with Crippen molar-refractivity contribution >= 4 is 17.6 Å². The van der Waals surface area contributed by atoms with E-state index < -0.39 is 0 Å². The lowest BCUT2D eigenvalue weighted by atomic mass is 10.3. The molecule has 0 fully saturated rings. The van der Waals surface area contributed by atoms with Crippen molar-refractivity contribution in [2.24, 2.45) is 10.9 Å². The van der Waals surface area contributed by atoms with Crippen molar-refractivity contribution in [3.63, 3.8) is 0 Å². The second kappa shape index (κ2) is 6.10. The molecule has 0 unspecified atom stereocenters. The second-order valence-electron chi connectivity index (χ2n) is 3.62. The third-order valence-corrected chi connectivity index (χ3v) is 3.12. The van der Waals surface area contributed by atoms with Gasteiger partial charge in [0.25, 0.3) is 0 Å². The summed E-state index contributed by atoms with van der Waals surface area (Å²) in [5.74, 6) is 1.02. The summed E-state index contributed by atoms with van der Waals surface area (Å²) in [4.78, 5) is 5.30. The Morgan fingerprint density at radius 1 is 1.26 bits per heavy atom. The van der Waals surface area contributed by atoms with Crippen LogP contribution in [0.4, 0.5) is 0 Å². The van der Waals surface area contributed by atoms with Crippen LogP contribution in [0.15, 0.2) is 52.5 Å². The van der Waals surface area contributed by atoms with E-state index in [-0.39, 0.29) is 5.84 Å².